The lowest BCUT2D eigenvalue weighted by molar-refractivity contribution is 0.0938. The highest BCUT2D eigenvalue weighted by Crippen LogP contribution is 2.01. The molecule has 1 atom stereocenters. The zero-order valence-corrected chi connectivity index (χ0v) is 8.45. The van der Waals surface area contributed by atoms with E-state index in [1.54, 1.807) is 0 Å². The van der Waals surface area contributed by atoms with Gasteiger partial charge in [0.25, 0.3) is 5.91 Å². The lowest BCUT2D eigenvalue weighted by Gasteiger charge is -2.08. The first-order valence-corrected chi connectivity index (χ1v) is 4.65. The van der Waals surface area contributed by atoms with Crippen LogP contribution >= 0.6 is 0 Å². The van der Waals surface area contributed by atoms with E-state index in [4.69, 9.17) is 10.4 Å². The maximum atomic E-state index is 11.5. The molecule has 1 rings (SSSR count). The van der Waals surface area contributed by atoms with E-state index >= 15 is 0 Å². The standard InChI is InChI=1S/C10H13N3O2/c1-7(6-14)4-13-10(15)9-2-8(3-11)5-12-9/h2,5,7,12,14H,4,6H2,1H3,(H,13,15). The molecule has 5 nitrogen and oxygen atoms in total. The van der Waals surface area contributed by atoms with Crippen molar-refractivity contribution in [3.8, 4) is 6.07 Å². The highest BCUT2D eigenvalue weighted by atomic mass is 16.3. The zero-order valence-electron chi connectivity index (χ0n) is 8.45. The van der Waals surface area contributed by atoms with Gasteiger partial charge in [0, 0.05) is 19.3 Å². The molecule has 0 fully saturated rings. The molecule has 1 aromatic heterocycles. The van der Waals surface area contributed by atoms with Gasteiger partial charge < -0.3 is 15.4 Å². The van der Waals surface area contributed by atoms with Crippen LogP contribution in [0.25, 0.3) is 0 Å². The predicted molar refractivity (Wildman–Crippen MR) is 54.1 cm³/mol. The summed E-state index contributed by atoms with van der Waals surface area (Å²) >= 11 is 0. The van der Waals surface area contributed by atoms with Crippen LogP contribution in [0.3, 0.4) is 0 Å². The summed E-state index contributed by atoms with van der Waals surface area (Å²) in [5.74, 6) is -0.240. The molecular weight excluding hydrogens is 194 g/mol. The monoisotopic (exact) mass is 207 g/mol. The summed E-state index contributed by atoms with van der Waals surface area (Å²) in [5.41, 5.74) is 0.784. The van der Waals surface area contributed by atoms with Crippen LogP contribution < -0.4 is 5.32 Å². The minimum absolute atomic E-state index is 0.0272. The van der Waals surface area contributed by atoms with Crippen molar-refractivity contribution < 1.29 is 9.90 Å². The van der Waals surface area contributed by atoms with Gasteiger partial charge in [0.15, 0.2) is 0 Å². The van der Waals surface area contributed by atoms with Crippen molar-refractivity contribution in [3.63, 3.8) is 0 Å². The SMILES string of the molecule is CC(CO)CNC(=O)c1cc(C#N)c[nH]1. The molecule has 15 heavy (non-hydrogen) atoms. The van der Waals surface area contributed by atoms with E-state index in [9.17, 15) is 4.79 Å². The average molecular weight is 207 g/mol. The fourth-order valence-electron chi connectivity index (χ4n) is 1.02. The average Bonchev–Trinajstić information content (AvgIpc) is 2.73. The molecule has 0 spiro atoms. The van der Waals surface area contributed by atoms with Gasteiger partial charge in [-0.1, -0.05) is 6.92 Å². The second-order valence-corrected chi connectivity index (χ2v) is 3.41. The zero-order chi connectivity index (χ0) is 11.3. The minimum atomic E-state index is -0.267. The first kappa shape index (κ1) is 11.3. The number of carbonyl (C=O) groups excluding carboxylic acids is 1. The van der Waals surface area contributed by atoms with Crippen LogP contribution in [0.4, 0.5) is 0 Å². The van der Waals surface area contributed by atoms with Gasteiger partial charge in [-0.05, 0) is 12.0 Å². The summed E-state index contributed by atoms with van der Waals surface area (Å²) in [6.45, 7) is 2.28. The number of amides is 1. The van der Waals surface area contributed by atoms with Crippen LogP contribution in [-0.2, 0) is 0 Å². The molecular formula is C10H13N3O2. The second-order valence-electron chi connectivity index (χ2n) is 3.41. The van der Waals surface area contributed by atoms with Crippen LogP contribution in [0.2, 0.25) is 0 Å². The van der Waals surface area contributed by atoms with Crippen molar-refractivity contribution in [1.82, 2.24) is 10.3 Å². The number of H-pyrrole nitrogens is 1. The maximum Gasteiger partial charge on any atom is 0.267 e. The number of nitrogens with zero attached hydrogens (tertiary/aromatic N) is 1. The molecule has 5 heteroatoms. The smallest absolute Gasteiger partial charge is 0.267 e. The highest BCUT2D eigenvalue weighted by Gasteiger charge is 2.09. The second kappa shape index (κ2) is 5.17. The van der Waals surface area contributed by atoms with Crippen LogP contribution in [0, 0.1) is 17.2 Å². The Bertz CT molecular complexity index is 378. The van der Waals surface area contributed by atoms with Crippen LogP contribution in [0.1, 0.15) is 23.0 Å². The number of aliphatic hydroxyl groups excluding tert-OH is 1. The Morgan fingerprint density at radius 1 is 1.80 bits per heavy atom. The van der Waals surface area contributed by atoms with E-state index in [1.165, 1.54) is 12.3 Å². The number of carbonyl (C=O) groups is 1. The van der Waals surface area contributed by atoms with Crippen LogP contribution in [-0.4, -0.2) is 29.1 Å². The molecule has 1 unspecified atom stereocenters. The molecule has 0 aliphatic carbocycles. The van der Waals surface area contributed by atoms with Crippen molar-refractivity contribution in [3.05, 3.63) is 23.5 Å². The maximum absolute atomic E-state index is 11.5. The molecule has 3 N–H and O–H groups in total. The summed E-state index contributed by atoms with van der Waals surface area (Å²) in [5, 5.41) is 20.0. The number of aliphatic hydroxyl groups is 1. The Morgan fingerprint density at radius 3 is 3.07 bits per heavy atom. The normalized spacial score (nSPS) is 11.8. The van der Waals surface area contributed by atoms with E-state index in [0.29, 0.717) is 17.8 Å². The topological polar surface area (TPSA) is 88.9 Å². The number of rotatable bonds is 4. The van der Waals surface area contributed by atoms with Crippen molar-refractivity contribution in [2.24, 2.45) is 5.92 Å². The Kier molecular flexibility index (Phi) is 3.89. The van der Waals surface area contributed by atoms with Gasteiger partial charge in [-0.3, -0.25) is 4.79 Å². The summed E-state index contributed by atoms with van der Waals surface area (Å²) in [6.07, 6.45) is 1.48. The molecule has 0 aromatic carbocycles. The third-order valence-corrected chi connectivity index (χ3v) is 1.98. The molecule has 80 valence electrons. The highest BCUT2D eigenvalue weighted by molar-refractivity contribution is 5.92. The largest absolute Gasteiger partial charge is 0.396 e. The molecule has 0 aliphatic heterocycles. The first-order chi connectivity index (χ1) is 7.17. The van der Waals surface area contributed by atoms with Gasteiger partial charge in [-0.25, -0.2) is 0 Å². The third-order valence-electron chi connectivity index (χ3n) is 1.98. The van der Waals surface area contributed by atoms with Gasteiger partial charge in [0.2, 0.25) is 0 Å². The fourth-order valence-corrected chi connectivity index (χ4v) is 1.02. The fraction of sp³-hybridized carbons (Fsp3) is 0.400. The lowest BCUT2D eigenvalue weighted by Crippen LogP contribution is -2.29. The Labute approximate surface area is 87.7 Å². The predicted octanol–water partition coefficient (Wildman–Crippen LogP) is 0.245. The Balaban J connectivity index is 2.51. The van der Waals surface area contributed by atoms with Crippen molar-refractivity contribution in [1.29, 1.82) is 5.26 Å². The lowest BCUT2D eigenvalue weighted by atomic mass is 10.2. The summed E-state index contributed by atoms with van der Waals surface area (Å²) in [4.78, 5) is 14.2. The van der Waals surface area contributed by atoms with E-state index in [2.05, 4.69) is 10.3 Å². The van der Waals surface area contributed by atoms with Crippen molar-refractivity contribution in [2.45, 2.75) is 6.92 Å². The Morgan fingerprint density at radius 2 is 2.53 bits per heavy atom. The summed E-state index contributed by atoms with van der Waals surface area (Å²) in [6, 6.07) is 3.41. The third kappa shape index (κ3) is 3.11. The van der Waals surface area contributed by atoms with E-state index in [0.717, 1.165) is 0 Å². The molecule has 1 aromatic rings. The van der Waals surface area contributed by atoms with E-state index in [1.807, 2.05) is 13.0 Å². The number of aromatic amines is 1. The molecule has 1 heterocycles. The minimum Gasteiger partial charge on any atom is -0.396 e. The summed E-state index contributed by atoms with van der Waals surface area (Å²) < 4.78 is 0. The number of hydrogen-bond donors (Lipinski definition) is 3. The quantitative estimate of drug-likeness (QED) is 0.661. The van der Waals surface area contributed by atoms with Crippen LogP contribution in [0.5, 0.6) is 0 Å². The van der Waals surface area contributed by atoms with Gasteiger partial charge in [0.05, 0.1) is 5.56 Å². The number of nitriles is 1. The van der Waals surface area contributed by atoms with Gasteiger partial charge >= 0.3 is 0 Å². The molecule has 0 radical (unpaired) electrons. The molecule has 0 saturated heterocycles. The number of nitrogens with one attached hydrogen (secondary N) is 2. The van der Waals surface area contributed by atoms with Gasteiger partial charge in [-0.2, -0.15) is 5.26 Å². The molecule has 0 bridgehead atoms. The molecule has 0 aliphatic rings. The first-order valence-electron chi connectivity index (χ1n) is 4.65. The number of aromatic nitrogens is 1. The van der Waals surface area contributed by atoms with Crippen LogP contribution in [0.15, 0.2) is 12.3 Å². The van der Waals surface area contributed by atoms with E-state index < -0.39 is 0 Å². The van der Waals surface area contributed by atoms with E-state index in [-0.39, 0.29) is 18.4 Å². The van der Waals surface area contributed by atoms with Crippen molar-refractivity contribution in [2.75, 3.05) is 13.2 Å². The van der Waals surface area contributed by atoms with Gasteiger partial charge in [0.1, 0.15) is 11.8 Å². The number of hydrogen-bond acceptors (Lipinski definition) is 3. The van der Waals surface area contributed by atoms with Crippen molar-refractivity contribution >= 4 is 5.91 Å². The summed E-state index contributed by atoms with van der Waals surface area (Å²) in [7, 11) is 0. The Hall–Kier alpha value is -1.80. The van der Waals surface area contributed by atoms with Gasteiger partial charge in [-0.15, -0.1) is 0 Å². The molecule has 0 saturated carbocycles. The molecule has 1 amide bonds.